The number of carboxylic acid groups (broad SMARTS) is 1. The normalized spacial score (nSPS) is 10.7. The van der Waals surface area contributed by atoms with E-state index in [1.54, 1.807) is 20.0 Å². The van der Waals surface area contributed by atoms with Gasteiger partial charge in [0, 0.05) is 17.1 Å². The second-order valence-corrected chi connectivity index (χ2v) is 4.78. The summed E-state index contributed by atoms with van der Waals surface area (Å²) in [6.45, 7) is 1.78. The number of aryl methyl sites for hydroxylation is 2. The highest BCUT2D eigenvalue weighted by Gasteiger charge is 2.16. The summed E-state index contributed by atoms with van der Waals surface area (Å²) < 4.78 is 16.0. The summed E-state index contributed by atoms with van der Waals surface area (Å²) in [4.78, 5) is 10.8. The molecule has 0 spiro atoms. The van der Waals surface area contributed by atoms with Crippen LogP contribution in [0, 0.1) is 12.7 Å². The first-order chi connectivity index (χ1) is 8.40. The molecule has 0 bridgehead atoms. The molecule has 1 aromatic heterocycles. The molecule has 0 atom stereocenters. The van der Waals surface area contributed by atoms with Gasteiger partial charge in [0.25, 0.3) is 0 Å². The van der Waals surface area contributed by atoms with Gasteiger partial charge in [-0.3, -0.25) is 4.68 Å². The maximum absolute atomic E-state index is 13.9. The van der Waals surface area contributed by atoms with Gasteiger partial charge in [0.1, 0.15) is 5.82 Å². The molecule has 1 N–H and O–H groups in total. The zero-order valence-electron chi connectivity index (χ0n) is 9.74. The molecule has 0 radical (unpaired) electrons. The van der Waals surface area contributed by atoms with Gasteiger partial charge in [-0.25, -0.2) is 9.18 Å². The van der Waals surface area contributed by atoms with Crippen LogP contribution in [0.1, 0.15) is 16.1 Å². The largest absolute Gasteiger partial charge is 0.476 e. The third-order valence-corrected chi connectivity index (χ3v) is 3.48. The van der Waals surface area contributed by atoms with Crippen LogP contribution in [0.4, 0.5) is 4.39 Å². The molecule has 0 amide bonds. The number of benzene rings is 1. The summed E-state index contributed by atoms with van der Waals surface area (Å²) in [5, 5.41) is 12.7. The van der Waals surface area contributed by atoms with Gasteiger partial charge in [0.05, 0.1) is 5.69 Å². The van der Waals surface area contributed by atoms with Crippen LogP contribution in [-0.2, 0) is 7.05 Å². The van der Waals surface area contributed by atoms with Crippen molar-refractivity contribution < 1.29 is 14.3 Å². The van der Waals surface area contributed by atoms with E-state index in [4.69, 9.17) is 5.11 Å². The zero-order chi connectivity index (χ0) is 13.4. The van der Waals surface area contributed by atoms with Crippen molar-refractivity contribution in [1.29, 1.82) is 0 Å². The number of hydrogen-bond donors (Lipinski definition) is 1. The number of carboxylic acids is 1. The number of aromatic carboxylic acids is 1. The average molecular weight is 313 g/mol. The third-order valence-electron chi connectivity index (χ3n) is 2.62. The van der Waals surface area contributed by atoms with E-state index in [-0.39, 0.29) is 5.69 Å². The topological polar surface area (TPSA) is 55.1 Å². The Morgan fingerprint density at radius 2 is 2.11 bits per heavy atom. The predicted molar refractivity (Wildman–Crippen MR) is 68.0 cm³/mol. The van der Waals surface area contributed by atoms with Crippen LogP contribution in [0.3, 0.4) is 0 Å². The van der Waals surface area contributed by atoms with E-state index in [9.17, 15) is 9.18 Å². The van der Waals surface area contributed by atoms with Gasteiger partial charge in [0.15, 0.2) is 5.69 Å². The lowest BCUT2D eigenvalue weighted by atomic mass is 10.1. The first-order valence-electron chi connectivity index (χ1n) is 5.13. The van der Waals surface area contributed by atoms with Crippen molar-refractivity contribution in [2.45, 2.75) is 6.92 Å². The second-order valence-electron chi connectivity index (χ2n) is 3.92. The van der Waals surface area contributed by atoms with Crippen LogP contribution in [0.15, 0.2) is 22.7 Å². The Morgan fingerprint density at radius 3 is 2.67 bits per heavy atom. The molecule has 0 aliphatic heterocycles. The van der Waals surface area contributed by atoms with Crippen molar-refractivity contribution in [1.82, 2.24) is 9.78 Å². The minimum absolute atomic E-state index is 0.108. The Hall–Kier alpha value is -1.69. The molecule has 0 aliphatic carbocycles. The van der Waals surface area contributed by atoms with E-state index in [2.05, 4.69) is 21.0 Å². The molecule has 1 aromatic carbocycles. The standard InChI is InChI=1S/C12H10BrFN2O2/c1-6-3-9(14)7(4-8(6)13)11-5-10(12(17)18)15-16(11)2/h3-5H,1-2H3,(H,17,18). The number of carbonyl (C=O) groups is 1. The lowest BCUT2D eigenvalue weighted by Crippen LogP contribution is -1.99. The molecule has 18 heavy (non-hydrogen) atoms. The molecule has 0 fully saturated rings. The van der Waals surface area contributed by atoms with E-state index in [1.807, 2.05) is 0 Å². The molecule has 4 nitrogen and oxygen atoms in total. The first kappa shape index (κ1) is 12.8. The van der Waals surface area contributed by atoms with Crippen molar-refractivity contribution in [3.05, 3.63) is 39.7 Å². The van der Waals surface area contributed by atoms with Gasteiger partial charge in [0.2, 0.25) is 0 Å². The number of halogens is 2. The van der Waals surface area contributed by atoms with Crippen molar-refractivity contribution in [3.63, 3.8) is 0 Å². The van der Waals surface area contributed by atoms with E-state index < -0.39 is 11.8 Å². The number of rotatable bonds is 2. The molecule has 0 aliphatic rings. The minimum atomic E-state index is -1.14. The molecule has 0 unspecified atom stereocenters. The first-order valence-corrected chi connectivity index (χ1v) is 5.93. The fraction of sp³-hybridized carbons (Fsp3) is 0.167. The Balaban J connectivity index is 2.62. The van der Waals surface area contributed by atoms with Gasteiger partial charge in [-0.15, -0.1) is 0 Å². The summed E-state index contributed by atoms with van der Waals surface area (Å²) in [7, 11) is 1.58. The average Bonchev–Trinajstić information content (AvgIpc) is 2.66. The predicted octanol–water partition coefficient (Wildman–Crippen LogP) is 3.00. The summed E-state index contributed by atoms with van der Waals surface area (Å²) in [5.41, 5.74) is 1.40. The molecule has 6 heteroatoms. The van der Waals surface area contributed by atoms with Crippen molar-refractivity contribution in [3.8, 4) is 11.3 Å². The quantitative estimate of drug-likeness (QED) is 0.927. The Morgan fingerprint density at radius 1 is 1.44 bits per heavy atom. The summed E-state index contributed by atoms with van der Waals surface area (Å²) in [5.74, 6) is -1.54. The smallest absolute Gasteiger partial charge is 0.356 e. The van der Waals surface area contributed by atoms with E-state index >= 15 is 0 Å². The lowest BCUT2D eigenvalue weighted by Gasteiger charge is -2.06. The maximum atomic E-state index is 13.9. The fourth-order valence-corrected chi connectivity index (χ4v) is 2.01. The fourth-order valence-electron chi connectivity index (χ4n) is 1.67. The van der Waals surface area contributed by atoms with Crippen LogP contribution in [0.25, 0.3) is 11.3 Å². The Kier molecular flexibility index (Phi) is 3.21. The van der Waals surface area contributed by atoms with Gasteiger partial charge < -0.3 is 5.11 Å². The molecular weight excluding hydrogens is 303 g/mol. The highest BCUT2D eigenvalue weighted by atomic mass is 79.9. The van der Waals surface area contributed by atoms with Gasteiger partial charge >= 0.3 is 5.97 Å². The highest BCUT2D eigenvalue weighted by molar-refractivity contribution is 9.10. The van der Waals surface area contributed by atoms with Gasteiger partial charge in [-0.05, 0) is 30.7 Å². The van der Waals surface area contributed by atoms with Gasteiger partial charge in [-0.1, -0.05) is 15.9 Å². The summed E-state index contributed by atoms with van der Waals surface area (Å²) in [6, 6.07) is 4.36. The summed E-state index contributed by atoms with van der Waals surface area (Å²) >= 11 is 3.33. The van der Waals surface area contributed by atoms with Gasteiger partial charge in [-0.2, -0.15) is 5.10 Å². The lowest BCUT2D eigenvalue weighted by molar-refractivity contribution is 0.0689. The molecule has 2 aromatic rings. The molecule has 94 valence electrons. The van der Waals surface area contributed by atoms with Crippen molar-refractivity contribution >= 4 is 21.9 Å². The van der Waals surface area contributed by atoms with Crippen LogP contribution in [0.5, 0.6) is 0 Å². The third kappa shape index (κ3) is 2.15. The second kappa shape index (κ2) is 4.53. The molecule has 0 saturated heterocycles. The van der Waals surface area contributed by atoms with E-state index in [0.717, 1.165) is 10.0 Å². The van der Waals surface area contributed by atoms with Crippen LogP contribution < -0.4 is 0 Å². The maximum Gasteiger partial charge on any atom is 0.356 e. The van der Waals surface area contributed by atoms with Crippen LogP contribution in [-0.4, -0.2) is 20.9 Å². The molecule has 2 rings (SSSR count). The van der Waals surface area contributed by atoms with Crippen LogP contribution >= 0.6 is 15.9 Å². The number of nitrogens with zero attached hydrogens (tertiary/aromatic N) is 2. The highest BCUT2D eigenvalue weighted by Crippen LogP contribution is 2.28. The summed E-state index contributed by atoms with van der Waals surface area (Å²) in [6.07, 6.45) is 0. The number of hydrogen-bond acceptors (Lipinski definition) is 2. The van der Waals surface area contributed by atoms with Crippen LogP contribution in [0.2, 0.25) is 0 Å². The van der Waals surface area contributed by atoms with E-state index in [0.29, 0.717) is 11.3 Å². The number of aromatic nitrogens is 2. The molecule has 0 saturated carbocycles. The zero-order valence-corrected chi connectivity index (χ0v) is 11.3. The Labute approximate surface area is 111 Å². The van der Waals surface area contributed by atoms with Crippen molar-refractivity contribution in [2.75, 3.05) is 0 Å². The molecule has 1 heterocycles. The van der Waals surface area contributed by atoms with E-state index in [1.165, 1.54) is 16.8 Å². The minimum Gasteiger partial charge on any atom is -0.476 e. The SMILES string of the molecule is Cc1cc(F)c(-c2cc(C(=O)O)nn2C)cc1Br. The Bertz CT molecular complexity index is 637. The molecular formula is C12H10BrFN2O2. The monoisotopic (exact) mass is 312 g/mol. The van der Waals surface area contributed by atoms with Crippen molar-refractivity contribution in [2.24, 2.45) is 7.05 Å².